The number of hydrogen-bond acceptors (Lipinski definition) is 2. The third-order valence-electron chi connectivity index (χ3n) is 3.02. The van der Waals surface area contributed by atoms with Gasteiger partial charge in [0.15, 0.2) is 0 Å². The lowest BCUT2D eigenvalue weighted by Crippen LogP contribution is -2.47. The number of alkyl halides is 1. The van der Waals surface area contributed by atoms with E-state index in [9.17, 15) is 4.79 Å². The van der Waals surface area contributed by atoms with Gasteiger partial charge in [-0.05, 0) is 40.2 Å². The minimum atomic E-state index is -0.0273. The van der Waals surface area contributed by atoms with Gasteiger partial charge in [0.1, 0.15) is 4.88 Å². The molecule has 0 atom stereocenters. The van der Waals surface area contributed by atoms with Gasteiger partial charge in [-0.25, -0.2) is 0 Å². The Hall–Kier alpha value is 0.130. The second-order valence-electron chi connectivity index (χ2n) is 4.17. The van der Waals surface area contributed by atoms with Crippen LogP contribution in [0.25, 0.3) is 0 Å². The van der Waals surface area contributed by atoms with Crippen LogP contribution >= 0.6 is 43.2 Å². The molecule has 2 rings (SSSR count). The highest BCUT2D eigenvalue weighted by molar-refractivity contribution is 9.10. The summed E-state index contributed by atoms with van der Waals surface area (Å²) >= 11 is 8.39. The van der Waals surface area contributed by atoms with Crippen LogP contribution in [0.3, 0.4) is 0 Å². The number of halogens is 2. The number of carbonyl (C=O) groups excluding carboxylic acids is 1. The molecular formula is C11H13Br2NOS. The van der Waals surface area contributed by atoms with Crippen molar-refractivity contribution < 1.29 is 4.79 Å². The van der Waals surface area contributed by atoms with Crippen molar-refractivity contribution in [3.05, 3.63) is 20.8 Å². The summed E-state index contributed by atoms with van der Waals surface area (Å²) in [6, 6.07) is 1.91. The Morgan fingerprint density at radius 3 is 2.69 bits per heavy atom. The van der Waals surface area contributed by atoms with Crippen LogP contribution in [0.5, 0.6) is 0 Å². The molecule has 0 unspecified atom stereocenters. The van der Waals surface area contributed by atoms with Crippen LogP contribution in [0.2, 0.25) is 0 Å². The van der Waals surface area contributed by atoms with Crippen LogP contribution in [-0.4, -0.2) is 16.8 Å². The molecule has 0 spiro atoms. The first kappa shape index (κ1) is 12.6. The summed E-state index contributed by atoms with van der Waals surface area (Å²) in [6.07, 6.45) is 4.56. The molecule has 0 aromatic carbocycles. The van der Waals surface area contributed by atoms with E-state index >= 15 is 0 Å². The van der Waals surface area contributed by atoms with Gasteiger partial charge >= 0.3 is 0 Å². The van der Waals surface area contributed by atoms with Crippen molar-refractivity contribution >= 4 is 49.1 Å². The van der Waals surface area contributed by atoms with E-state index in [1.54, 1.807) is 0 Å². The van der Waals surface area contributed by atoms with Gasteiger partial charge in [0, 0.05) is 9.80 Å². The zero-order valence-electron chi connectivity index (χ0n) is 8.76. The first-order chi connectivity index (χ1) is 7.67. The fraction of sp³-hybridized carbons (Fsp3) is 0.545. The molecule has 16 heavy (non-hydrogen) atoms. The van der Waals surface area contributed by atoms with Crippen LogP contribution in [0.15, 0.2) is 15.9 Å². The molecule has 0 bridgehead atoms. The monoisotopic (exact) mass is 365 g/mol. The van der Waals surface area contributed by atoms with E-state index in [0.717, 1.165) is 27.5 Å². The third kappa shape index (κ3) is 2.51. The average Bonchev–Trinajstić information content (AvgIpc) is 2.87. The number of carbonyl (C=O) groups is 1. The van der Waals surface area contributed by atoms with Crippen molar-refractivity contribution in [2.75, 3.05) is 5.33 Å². The van der Waals surface area contributed by atoms with Gasteiger partial charge in [0.25, 0.3) is 5.91 Å². The Morgan fingerprint density at radius 2 is 2.19 bits per heavy atom. The number of nitrogens with one attached hydrogen (secondary N) is 1. The predicted molar refractivity (Wildman–Crippen MR) is 74.5 cm³/mol. The van der Waals surface area contributed by atoms with Gasteiger partial charge in [-0.3, -0.25) is 4.79 Å². The van der Waals surface area contributed by atoms with Crippen molar-refractivity contribution in [1.82, 2.24) is 5.32 Å². The highest BCUT2D eigenvalue weighted by atomic mass is 79.9. The van der Waals surface area contributed by atoms with E-state index in [1.165, 1.54) is 24.2 Å². The summed E-state index contributed by atoms with van der Waals surface area (Å²) < 4.78 is 0.887. The summed E-state index contributed by atoms with van der Waals surface area (Å²) in [4.78, 5) is 12.9. The van der Waals surface area contributed by atoms with E-state index in [1.807, 2.05) is 11.4 Å². The molecule has 1 saturated carbocycles. The van der Waals surface area contributed by atoms with Gasteiger partial charge in [0.2, 0.25) is 0 Å². The molecule has 1 N–H and O–H groups in total. The molecule has 1 amide bonds. The highest BCUT2D eigenvalue weighted by Crippen LogP contribution is 2.32. The maximum absolute atomic E-state index is 12.1. The summed E-state index contributed by atoms with van der Waals surface area (Å²) in [7, 11) is 0. The zero-order chi connectivity index (χ0) is 11.6. The Labute approximate surface area is 116 Å². The third-order valence-corrected chi connectivity index (χ3v) is 5.93. The molecule has 0 saturated heterocycles. The second-order valence-corrected chi connectivity index (χ2v) is 6.50. The van der Waals surface area contributed by atoms with Crippen LogP contribution in [0.1, 0.15) is 35.4 Å². The molecule has 1 aromatic rings. The molecule has 0 radical (unpaired) electrons. The number of rotatable bonds is 3. The molecule has 5 heteroatoms. The van der Waals surface area contributed by atoms with E-state index in [2.05, 4.69) is 37.2 Å². The Bertz CT molecular complexity index is 385. The maximum Gasteiger partial charge on any atom is 0.262 e. The Kier molecular flexibility index (Phi) is 4.08. The Balaban J connectivity index is 2.09. The quantitative estimate of drug-likeness (QED) is 0.806. The summed E-state index contributed by atoms with van der Waals surface area (Å²) in [6.45, 7) is 0. The Morgan fingerprint density at radius 1 is 1.50 bits per heavy atom. The van der Waals surface area contributed by atoms with Crippen molar-refractivity contribution in [2.45, 2.75) is 31.2 Å². The molecule has 1 aliphatic carbocycles. The largest absolute Gasteiger partial charge is 0.345 e. The number of hydrogen-bond donors (Lipinski definition) is 1. The predicted octanol–water partition coefficient (Wildman–Crippen LogP) is 3.95. The lowest BCUT2D eigenvalue weighted by atomic mass is 10.0. The van der Waals surface area contributed by atoms with Gasteiger partial charge in [-0.15, -0.1) is 11.3 Å². The van der Waals surface area contributed by atoms with Crippen LogP contribution in [0, 0.1) is 0 Å². The standard InChI is InChI=1S/C11H13Br2NOS/c12-7-11(4-1-2-5-11)14-10(15)9-8(13)3-6-16-9/h3,6H,1-2,4-5,7H2,(H,14,15). The molecule has 1 fully saturated rings. The molecule has 1 heterocycles. The minimum Gasteiger partial charge on any atom is -0.345 e. The fourth-order valence-electron chi connectivity index (χ4n) is 2.10. The van der Waals surface area contributed by atoms with E-state index in [0.29, 0.717) is 0 Å². The first-order valence-corrected chi connectivity index (χ1v) is 8.08. The fourth-order valence-corrected chi connectivity index (χ4v) is 4.24. The molecule has 2 nitrogen and oxygen atoms in total. The lowest BCUT2D eigenvalue weighted by molar-refractivity contribution is 0.0914. The van der Waals surface area contributed by atoms with Crippen molar-refractivity contribution in [2.24, 2.45) is 0 Å². The molecular weight excluding hydrogens is 354 g/mol. The summed E-state index contributed by atoms with van der Waals surface area (Å²) in [5.41, 5.74) is -0.0273. The molecule has 88 valence electrons. The highest BCUT2D eigenvalue weighted by Gasteiger charge is 2.34. The van der Waals surface area contributed by atoms with Crippen molar-refractivity contribution in [3.63, 3.8) is 0 Å². The van der Waals surface area contributed by atoms with Crippen LogP contribution in [-0.2, 0) is 0 Å². The van der Waals surface area contributed by atoms with Gasteiger partial charge in [-0.1, -0.05) is 28.8 Å². The number of thiophene rings is 1. The zero-order valence-corrected chi connectivity index (χ0v) is 12.8. The average molecular weight is 367 g/mol. The molecule has 0 aliphatic heterocycles. The van der Waals surface area contributed by atoms with Crippen LogP contribution < -0.4 is 5.32 Å². The van der Waals surface area contributed by atoms with Gasteiger partial charge in [0.05, 0.1) is 5.54 Å². The topological polar surface area (TPSA) is 29.1 Å². The van der Waals surface area contributed by atoms with Crippen molar-refractivity contribution in [1.29, 1.82) is 0 Å². The van der Waals surface area contributed by atoms with Crippen LogP contribution in [0.4, 0.5) is 0 Å². The van der Waals surface area contributed by atoms with Gasteiger partial charge < -0.3 is 5.32 Å². The van der Waals surface area contributed by atoms with E-state index in [4.69, 9.17) is 0 Å². The summed E-state index contributed by atoms with van der Waals surface area (Å²) in [5, 5.41) is 5.95. The lowest BCUT2D eigenvalue weighted by Gasteiger charge is -2.27. The molecule has 1 aliphatic rings. The number of amides is 1. The summed E-state index contributed by atoms with van der Waals surface area (Å²) in [5.74, 6) is 0.0447. The SMILES string of the molecule is O=C(NC1(CBr)CCCC1)c1sccc1Br. The smallest absolute Gasteiger partial charge is 0.262 e. The minimum absolute atomic E-state index is 0.0273. The normalized spacial score (nSPS) is 18.6. The maximum atomic E-state index is 12.1. The molecule has 1 aromatic heterocycles. The van der Waals surface area contributed by atoms with E-state index in [-0.39, 0.29) is 11.4 Å². The first-order valence-electron chi connectivity index (χ1n) is 5.28. The second kappa shape index (κ2) is 5.19. The van der Waals surface area contributed by atoms with Crippen molar-refractivity contribution in [3.8, 4) is 0 Å². The van der Waals surface area contributed by atoms with Gasteiger partial charge in [-0.2, -0.15) is 0 Å². The van der Waals surface area contributed by atoms with E-state index < -0.39 is 0 Å².